The minimum atomic E-state index is 0.590. The Labute approximate surface area is 105 Å². The van der Waals surface area contributed by atoms with Crippen molar-refractivity contribution in [1.29, 1.82) is 0 Å². The number of rotatable bonds is 5. The number of hydrogen-bond acceptors (Lipinski definition) is 4. The van der Waals surface area contributed by atoms with Crippen LogP contribution in [0.5, 0.6) is 5.75 Å². The normalized spacial score (nSPS) is 10.5. The van der Waals surface area contributed by atoms with Crippen LogP contribution in [0.3, 0.4) is 0 Å². The van der Waals surface area contributed by atoms with Crippen LogP contribution in [0.2, 0.25) is 0 Å². The molecule has 0 aliphatic rings. The smallest absolute Gasteiger partial charge is 0.127 e. The van der Waals surface area contributed by atoms with Crippen molar-refractivity contribution in [2.45, 2.75) is 20.1 Å². The van der Waals surface area contributed by atoms with E-state index in [1.54, 1.807) is 11.3 Å². The van der Waals surface area contributed by atoms with Gasteiger partial charge in [-0.3, -0.25) is 4.98 Å². The van der Waals surface area contributed by atoms with Crippen molar-refractivity contribution in [2.75, 3.05) is 7.05 Å². The lowest BCUT2D eigenvalue weighted by atomic mass is 10.1. The quantitative estimate of drug-likeness (QED) is 0.883. The Hall–Kier alpha value is -1.39. The molecule has 0 amide bonds. The van der Waals surface area contributed by atoms with E-state index < -0.39 is 0 Å². The van der Waals surface area contributed by atoms with Crippen molar-refractivity contribution in [3.8, 4) is 5.75 Å². The number of ether oxygens (including phenoxy) is 1. The summed E-state index contributed by atoms with van der Waals surface area (Å²) in [4.78, 5) is 5.18. The molecule has 1 heterocycles. The first kappa shape index (κ1) is 12.1. The van der Waals surface area contributed by atoms with Crippen molar-refractivity contribution in [2.24, 2.45) is 0 Å². The molecule has 3 nitrogen and oxygen atoms in total. The molecule has 1 aromatic carbocycles. The van der Waals surface area contributed by atoms with Crippen LogP contribution in [0.4, 0.5) is 0 Å². The lowest BCUT2D eigenvalue weighted by molar-refractivity contribution is 0.303. The van der Waals surface area contributed by atoms with Gasteiger partial charge in [-0.25, -0.2) is 0 Å². The molecule has 0 bridgehead atoms. The summed E-state index contributed by atoms with van der Waals surface area (Å²) in [7, 11) is 1.94. The zero-order chi connectivity index (χ0) is 12.1. The molecule has 4 heteroatoms. The summed E-state index contributed by atoms with van der Waals surface area (Å²) in [5.41, 5.74) is 4.18. The average molecular weight is 248 g/mol. The number of para-hydroxylation sites is 1. The molecular formula is C13H16N2OS. The van der Waals surface area contributed by atoms with Gasteiger partial charge in [0.05, 0.1) is 10.4 Å². The highest BCUT2D eigenvalue weighted by Crippen LogP contribution is 2.24. The Morgan fingerprint density at radius 3 is 3.00 bits per heavy atom. The zero-order valence-electron chi connectivity index (χ0n) is 10.1. The molecule has 1 aromatic heterocycles. The number of nitrogens with one attached hydrogen (secondary N) is 1. The molecule has 17 heavy (non-hydrogen) atoms. The van der Waals surface area contributed by atoms with E-state index in [2.05, 4.69) is 35.4 Å². The summed E-state index contributed by atoms with van der Waals surface area (Å²) < 4.78 is 5.90. The number of thiazole rings is 1. The largest absolute Gasteiger partial charge is 0.487 e. The van der Waals surface area contributed by atoms with Gasteiger partial charge in [0, 0.05) is 18.3 Å². The minimum Gasteiger partial charge on any atom is -0.487 e. The monoisotopic (exact) mass is 248 g/mol. The van der Waals surface area contributed by atoms with Gasteiger partial charge in [0.25, 0.3) is 0 Å². The van der Waals surface area contributed by atoms with Gasteiger partial charge in [0.1, 0.15) is 12.4 Å². The minimum absolute atomic E-state index is 0.590. The molecule has 0 radical (unpaired) electrons. The van der Waals surface area contributed by atoms with Gasteiger partial charge in [-0.15, -0.1) is 11.3 Å². The fourth-order valence-corrected chi connectivity index (χ4v) is 2.21. The highest BCUT2D eigenvalue weighted by Gasteiger charge is 2.06. The fourth-order valence-electron chi connectivity index (χ4n) is 1.71. The summed E-state index contributed by atoms with van der Waals surface area (Å²) in [6.45, 7) is 3.48. The number of aromatic nitrogens is 1. The third-order valence-corrected chi connectivity index (χ3v) is 3.26. The predicted octanol–water partition coefficient (Wildman–Crippen LogP) is 2.75. The number of hydrogen-bond donors (Lipinski definition) is 1. The number of aryl methyl sites for hydroxylation is 1. The lowest BCUT2D eigenvalue weighted by Gasteiger charge is -2.13. The van der Waals surface area contributed by atoms with E-state index in [4.69, 9.17) is 4.74 Å². The van der Waals surface area contributed by atoms with Crippen LogP contribution < -0.4 is 10.1 Å². The second-order valence-electron chi connectivity index (χ2n) is 3.85. The van der Waals surface area contributed by atoms with Crippen LogP contribution in [0.1, 0.15) is 16.0 Å². The van der Waals surface area contributed by atoms with Crippen LogP contribution in [-0.2, 0) is 13.2 Å². The van der Waals surface area contributed by atoms with Gasteiger partial charge in [-0.1, -0.05) is 18.2 Å². The van der Waals surface area contributed by atoms with Crippen LogP contribution in [0, 0.1) is 6.92 Å². The molecular weight excluding hydrogens is 232 g/mol. The maximum atomic E-state index is 5.90. The van der Waals surface area contributed by atoms with E-state index >= 15 is 0 Å². The van der Waals surface area contributed by atoms with Gasteiger partial charge in [0.15, 0.2) is 0 Å². The molecule has 2 aromatic rings. The highest BCUT2D eigenvalue weighted by molar-refractivity contribution is 7.09. The molecule has 0 spiro atoms. The summed E-state index contributed by atoms with van der Waals surface area (Å²) in [6, 6.07) is 6.22. The van der Waals surface area contributed by atoms with Gasteiger partial charge >= 0.3 is 0 Å². The molecule has 0 fully saturated rings. The molecule has 90 valence electrons. The standard InChI is InChI=1S/C13H16N2OS/c1-10-4-3-5-11(6-14-2)13(10)16-8-12-7-15-9-17-12/h3-5,7,9,14H,6,8H2,1-2H3. The third-order valence-electron chi connectivity index (χ3n) is 2.50. The fraction of sp³-hybridized carbons (Fsp3) is 0.308. The second-order valence-corrected chi connectivity index (χ2v) is 4.82. The summed E-state index contributed by atoms with van der Waals surface area (Å²) in [5.74, 6) is 0.982. The maximum Gasteiger partial charge on any atom is 0.127 e. The molecule has 0 unspecified atom stereocenters. The van der Waals surface area contributed by atoms with Crippen molar-refractivity contribution in [1.82, 2.24) is 10.3 Å². The summed E-state index contributed by atoms with van der Waals surface area (Å²) in [5, 5.41) is 3.16. The summed E-state index contributed by atoms with van der Waals surface area (Å²) >= 11 is 1.62. The lowest BCUT2D eigenvalue weighted by Crippen LogP contribution is -2.08. The van der Waals surface area contributed by atoms with Crippen LogP contribution in [-0.4, -0.2) is 12.0 Å². The molecule has 0 aliphatic carbocycles. The first-order valence-corrected chi connectivity index (χ1v) is 6.42. The molecule has 0 saturated heterocycles. The van der Waals surface area contributed by atoms with E-state index in [1.807, 2.05) is 18.8 Å². The van der Waals surface area contributed by atoms with Crippen molar-refractivity contribution < 1.29 is 4.74 Å². The topological polar surface area (TPSA) is 34.1 Å². The summed E-state index contributed by atoms with van der Waals surface area (Å²) in [6.07, 6.45) is 1.85. The Bertz CT molecular complexity index is 468. The SMILES string of the molecule is CNCc1cccc(C)c1OCc1cncs1. The zero-order valence-corrected chi connectivity index (χ0v) is 10.9. The van der Waals surface area contributed by atoms with Crippen molar-refractivity contribution in [3.63, 3.8) is 0 Å². The van der Waals surface area contributed by atoms with Crippen LogP contribution in [0.25, 0.3) is 0 Å². The van der Waals surface area contributed by atoms with E-state index in [1.165, 1.54) is 11.1 Å². The van der Waals surface area contributed by atoms with Crippen LogP contribution in [0.15, 0.2) is 29.9 Å². The predicted molar refractivity (Wildman–Crippen MR) is 70.4 cm³/mol. The molecule has 0 atom stereocenters. The van der Waals surface area contributed by atoms with Gasteiger partial charge in [-0.05, 0) is 19.5 Å². The van der Waals surface area contributed by atoms with Gasteiger partial charge in [0.2, 0.25) is 0 Å². The van der Waals surface area contributed by atoms with E-state index in [-0.39, 0.29) is 0 Å². The van der Waals surface area contributed by atoms with Crippen molar-refractivity contribution >= 4 is 11.3 Å². The number of nitrogens with zero attached hydrogens (tertiary/aromatic N) is 1. The molecule has 0 aliphatic heterocycles. The van der Waals surface area contributed by atoms with Gasteiger partial charge in [-0.2, -0.15) is 0 Å². The Balaban J connectivity index is 2.13. The van der Waals surface area contributed by atoms with Gasteiger partial charge < -0.3 is 10.1 Å². The van der Waals surface area contributed by atoms with E-state index in [0.29, 0.717) is 6.61 Å². The van der Waals surface area contributed by atoms with Crippen molar-refractivity contribution in [3.05, 3.63) is 45.9 Å². The molecule has 2 rings (SSSR count). The van der Waals surface area contributed by atoms with Crippen LogP contribution >= 0.6 is 11.3 Å². The van der Waals surface area contributed by atoms with E-state index in [9.17, 15) is 0 Å². The second kappa shape index (κ2) is 5.80. The maximum absolute atomic E-state index is 5.90. The highest BCUT2D eigenvalue weighted by atomic mass is 32.1. The Kier molecular flexibility index (Phi) is 4.12. The van der Waals surface area contributed by atoms with E-state index in [0.717, 1.165) is 17.2 Å². The number of benzene rings is 1. The molecule has 1 N–H and O–H groups in total. The Morgan fingerprint density at radius 1 is 1.41 bits per heavy atom. The molecule has 0 saturated carbocycles. The third kappa shape index (κ3) is 3.05. The Morgan fingerprint density at radius 2 is 2.29 bits per heavy atom. The average Bonchev–Trinajstić information content (AvgIpc) is 2.82. The first-order valence-electron chi connectivity index (χ1n) is 5.54. The first-order chi connectivity index (χ1) is 8.31.